The average molecular weight is 337 g/mol. The van der Waals surface area contributed by atoms with Crippen LogP contribution in [-0.2, 0) is 0 Å². The van der Waals surface area contributed by atoms with E-state index in [4.69, 9.17) is 16.3 Å². The Labute approximate surface area is 144 Å². The van der Waals surface area contributed by atoms with Gasteiger partial charge in [-0.3, -0.25) is 4.79 Å². The molecule has 0 N–H and O–H groups in total. The first-order valence-corrected chi connectivity index (χ1v) is 7.69. The summed E-state index contributed by atoms with van der Waals surface area (Å²) >= 11 is 5.97. The second kappa shape index (κ2) is 7.11. The summed E-state index contributed by atoms with van der Waals surface area (Å²) in [6.07, 6.45) is 0. The fourth-order valence-corrected chi connectivity index (χ4v) is 2.43. The Bertz CT molecular complexity index is 871. The zero-order chi connectivity index (χ0) is 16.9. The van der Waals surface area contributed by atoms with Gasteiger partial charge in [0.25, 0.3) is 0 Å². The molecule has 0 spiro atoms. The summed E-state index contributed by atoms with van der Waals surface area (Å²) in [7, 11) is 0. The molecule has 0 saturated heterocycles. The highest BCUT2D eigenvalue weighted by Gasteiger charge is 2.13. The van der Waals surface area contributed by atoms with Crippen molar-refractivity contribution in [3.8, 4) is 5.75 Å². The van der Waals surface area contributed by atoms with Crippen LogP contribution in [0.1, 0.15) is 26.3 Å². The first-order chi connectivity index (χ1) is 11.6. The molecule has 0 aliphatic rings. The molecule has 0 atom stereocenters. The first kappa shape index (κ1) is 16.0. The van der Waals surface area contributed by atoms with Crippen molar-refractivity contribution in [2.75, 3.05) is 0 Å². The first-order valence-electron chi connectivity index (χ1n) is 7.31. The van der Waals surface area contributed by atoms with Crippen molar-refractivity contribution in [1.29, 1.82) is 0 Å². The minimum atomic E-state index is -0.539. The average Bonchev–Trinajstić information content (AvgIpc) is 2.63. The molecular weight excluding hydrogens is 324 g/mol. The summed E-state index contributed by atoms with van der Waals surface area (Å²) in [5.74, 6) is -0.271. The maximum atomic E-state index is 12.3. The number of hydrogen-bond acceptors (Lipinski definition) is 3. The maximum absolute atomic E-state index is 12.3. The number of benzene rings is 3. The smallest absolute Gasteiger partial charge is 0.345 e. The zero-order valence-corrected chi connectivity index (χ0v) is 13.4. The molecule has 24 heavy (non-hydrogen) atoms. The summed E-state index contributed by atoms with van der Waals surface area (Å²) in [5.41, 5.74) is 1.43. The van der Waals surface area contributed by atoms with E-state index in [0.717, 1.165) is 0 Å². The molecule has 3 rings (SSSR count). The van der Waals surface area contributed by atoms with Crippen molar-refractivity contribution in [1.82, 2.24) is 0 Å². The van der Waals surface area contributed by atoms with Crippen LogP contribution in [0.5, 0.6) is 5.75 Å². The topological polar surface area (TPSA) is 43.4 Å². The molecule has 118 valence electrons. The van der Waals surface area contributed by atoms with Crippen LogP contribution in [0.25, 0.3) is 0 Å². The van der Waals surface area contributed by atoms with E-state index < -0.39 is 5.97 Å². The van der Waals surface area contributed by atoms with Crippen LogP contribution < -0.4 is 4.74 Å². The third kappa shape index (κ3) is 3.53. The van der Waals surface area contributed by atoms with E-state index in [2.05, 4.69) is 0 Å². The largest absolute Gasteiger partial charge is 0.423 e. The second-order valence-electron chi connectivity index (χ2n) is 5.09. The highest BCUT2D eigenvalue weighted by molar-refractivity contribution is 6.33. The Kier molecular flexibility index (Phi) is 4.73. The summed E-state index contributed by atoms with van der Waals surface area (Å²) in [4.78, 5) is 24.4. The molecule has 0 unspecified atom stereocenters. The molecule has 0 aliphatic carbocycles. The monoisotopic (exact) mass is 336 g/mol. The van der Waals surface area contributed by atoms with Crippen molar-refractivity contribution < 1.29 is 14.3 Å². The van der Waals surface area contributed by atoms with Gasteiger partial charge in [-0.25, -0.2) is 4.79 Å². The molecule has 0 radical (unpaired) electrons. The molecule has 0 amide bonds. The summed E-state index contributed by atoms with van der Waals surface area (Å²) in [6, 6.07) is 22.1. The quantitative estimate of drug-likeness (QED) is 0.391. The van der Waals surface area contributed by atoms with Gasteiger partial charge in [0.2, 0.25) is 0 Å². The van der Waals surface area contributed by atoms with Crippen molar-refractivity contribution in [3.05, 3.63) is 101 Å². The number of ketones is 1. The summed E-state index contributed by atoms with van der Waals surface area (Å²) in [5, 5.41) is 0.332. The van der Waals surface area contributed by atoms with E-state index in [1.807, 2.05) is 18.2 Å². The van der Waals surface area contributed by atoms with Crippen LogP contribution in [0.3, 0.4) is 0 Å². The van der Waals surface area contributed by atoms with E-state index in [1.165, 1.54) is 0 Å². The van der Waals surface area contributed by atoms with Gasteiger partial charge in [0.1, 0.15) is 5.75 Å². The third-order valence-electron chi connectivity index (χ3n) is 3.46. The lowest BCUT2D eigenvalue weighted by atomic mass is 10.0. The summed E-state index contributed by atoms with van der Waals surface area (Å²) < 4.78 is 5.29. The molecule has 0 saturated carbocycles. The van der Waals surface area contributed by atoms with E-state index >= 15 is 0 Å². The minimum Gasteiger partial charge on any atom is -0.423 e. The van der Waals surface area contributed by atoms with E-state index in [1.54, 1.807) is 60.7 Å². The lowest BCUT2D eigenvalue weighted by Crippen LogP contribution is -2.09. The highest BCUT2D eigenvalue weighted by Crippen LogP contribution is 2.20. The Morgan fingerprint density at radius 1 is 0.708 bits per heavy atom. The minimum absolute atomic E-state index is 0.0837. The molecule has 0 fully saturated rings. The van der Waals surface area contributed by atoms with Crippen LogP contribution in [-0.4, -0.2) is 11.8 Å². The molecule has 0 heterocycles. The van der Waals surface area contributed by atoms with Crippen LogP contribution in [0, 0.1) is 0 Å². The number of rotatable bonds is 4. The molecule has 3 nitrogen and oxygen atoms in total. The number of hydrogen-bond donors (Lipinski definition) is 0. The number of carbonyl (C=O) groups is 2. The Balaban J connectivity index is 1.74. The Morgan fingerprint density at radius 2 is 1.29 bits per heavy atom. The molecule has 0 aromatic heterocycles. The van der Waals surface area contributed by atoms with Crippen LogP contribution in [0.2, 0.25) is 5.02 Å². The summed E-state index contributed by atoms with van der Waals surface area (Å²) in [6.45, 7) is 0. The van der Waals surface area contributed by atoms with Crippen LogP contribution in [0.15, 0.2) is 78.9 Å². The third-order valence-corrected chi connectivity index (χ3v) is 3.79. The van der Waals surface area contributed by atoms with Gasteiger partial charge in [0, 0.05) is 11.1 Å². The Morgan fingerprint density at radius 3 is 1.96 bits per heavy atom. The van der Waals surface area contributed by atoms with Crippen LogP contribution in [0.4, 0.5) is 0 Å². The molecule has 4 heteroatoms. The number of esters is 1. The van der Waals surface area contributed by atoms with E-state index in [-0.39, 0.29) is 5.78 Å². The predicted octanol–water partition coefficient (Wildman–Crippen LogP) is 4.79. The SMILES string of the molecule is O=C(c1ccccc1)c1ccc(OC(=O)c2ccccc2Cl)cc1. The van der Waals surface area contributed by atoms with E-state index in [9.17, 15) is 9.59 Å². The van der Waals surface area contributed by atoms with Gasteiger partial charge in [-0.2, -0.15) is 0 Å². The van der Waals surface area contributed by atoms with Gasteiger partial charge in [0.15, 0.2) is 5.78 Å². The molecule has 0 aliphatic heterocycles. The van der Waals surface area contributed by atoms with Crippen molar-refractivity contribution in [3.63, 3.8) is 0 Å². The standard InChI is InChI=1S/C20H13ClO3/c21-18-9-5-4-8-17(18)20(23)24-16-12-10-15(11-13-16)19(22)14-6-2-1-3-7-14/h1-13H. The van der Waals surface area contributed by atoms with Crippen molar-refractivity contribution in [2.45, 2.75) is 0 Å². The molecule has 3 aromatic rings. The fourth-order valence-electron chi connectivity index (χ4n) is 2.22. The van der Waals surface area contributed by atoms with Gasteiger partial charge >= 0.3 is 5.97 Å². The maximum Gasteiger partial charge on any atom is 0.345 e. The molecule has 0 bridgehead atoms. The number of ether oxygens (including phenoxy) is 1. The van der Waals surface area contributed by atoms with E-state index in [0.29, 0.717) is 27.5 Å². The lowest BCUT2D eigenvalue weighted by Gasteiger charge is -2.06. The molecule has 3 aromatic carbocycles. The van der Waals surface area contributed by atoms with Gasteiger partial charge in [-0.05, 0) is 36.4 Å². The van der Waals surface area contributed by atoms with Gasteiger partial charge in [-0.1, -0.05) is 54.1 Å². The molecular formula is C20H13ClO3. The Hall–Kier alpha value is -2.91. The zero-order valence-electron chi connectivity index (χ0n) is 12.6. The van der Waals surface area contributed by atoms with Gasteiger partial charge < -0.3 is 4.74 Å². The van der Waals surface area contributed by atoms with Gasteiger partial charge in [0.05, 0.1) is 10.6 Å². The lowest BCUT2D eigenvalue weighted by molar-refractivity contribution is 0.0735. The second-order valence-corrected chi connectivity index (χ2v) is 5.50. The highest BCUT2D eigenvalue weighted by atomic mass is 35.5. The van der Waals surface area contributed by atoms with Gasteiger partial charge in [-0.15, -0.1) is 0 Å². The number of carbonyl (C=O) groups excluding carboxylic acids is 2. The fraction of sp³-hybridized carbons (Fsp3) is 0. The van der Waals surface area contributed by atoms with Crippen molar-refractivity contribution >= 4 is 23.4 Å². The van der Waals surface area contributed by atoms with Crippen LogP contribution >= 0.6 is 11.6 Å². The predicted molar refractivity (Wildman–Crippen MR) is 92.7 cm³/mol. The number of halogens is 1. The normalized spacial score (nSPS) is 10.2. The van der Waals surface area contributed by atoms with Crippen molar-refractivity contribution in [2.24, 2.45) is 0 Å².